The highest BCUT2D eigenvalue weighted by molar-refractivity contribution is 5.67. The van der Waals surface area contributed by atoms with Crippen molar-refractivity contribution in [1.82, 2.24) is 0 Å². The van der Waals surface area contributed by atoms with Gasteiger partial charge in [-0.05, 0) is 6.42 Å². The predicted molar refractivity (Wildman–Crippen MR) is 88.6 cm³/mol. The topological polar surface area (TPSA) is 57.5 Å². The van der Waals surface area contributed by atoms with Gasteiger partial charge in [-0.25, -0.2) is 0 Å². The Hall–Kier alpha value is -0.570. The average Bonchev–Trinajstić information content (AvgIpc) is 2.51. The standard InChI is InChI=1S/C18H36O3/c1-2-3-4-5-6-7-8-9-10-11-12-13-14-15-17(19)16-18(20)21/h17,19H,2-16H2,1H3,(H,20,21)/i16D2. The molecule has 0 saturated heterocycles. The first-order valence-corrected chi connectivity index (χ1v) is 8.84. The van der Waals surface area contributed by atoms with Crippen LogP contribution in [0.3, 0.4) is 0 Å². The molecule has 126 valence electrons. The zero-order valence-corrected chi connectivity index (χ0v) is 13.8. The Balaban J connectivity index is 3.32. The molecule has 0 aliphatic carbocycles. The van der Waals surface area contributed by atoms with Crippen molar-refractivity contribution in [2.45, 2.75) is 109 Å². The number of unbranched alkanes of at least 4 members (excludes halogenated alkanes) is 12. The van der Waals surface area contributed by atoms with Gasteiger partial charge in [0.1, 0.15) is 0 Å². The van der Waals surface area contributed by atoms with Gasteiger partial charge in [0.15, 0.2) is 0 Å². The Bertz CT molecular complexity index is 296. The van der Waals surface area contributed by atoms with Crippen LogP contribution in [0.25, 0.3) is 0 Å². The smallest absolute Gasteiger partial charge is 0.305 e. The minimum atomic E-state index is -2.53. The normalized spacial score (nSPS) is 14.6. The molecule has 0 radical (unpaired) electrons. The minimum absolute atomic E-state index is 0.219. The molecule has 1 unspecified atom stereocenters. The van der Waals surface area contributed by atoms with Crippen LogP contribution in [0.4, 0.5) is 0 Å². The van der Waals surface area contributed by atoms with E-state index < -0.39 is 18.4 Å². The van der Waals surface area contributed by atoms with Crippen LogP contribution in [0.1, 0.15) is 106 Å². The molecule has 3 heteroatoms. The Morgan fingerprint density at radius 1 is 0.857 bits per heavy atom. The Kier molecular flexibility index (Phi) is 12.6. The summed E-state index contributed by atoms with van der Waals surface area (Å²) in [5.74, 6) is -1.58. The van der Waals surface area contributed by atoms with Gasteiger partial charge in [-0.2, -0.15) is 0 Å². The highest BCUT2D eigenvalue weighted by atomic mass is 16.4. The summed E-state index contributed by atoms with van der Waals surface area (Å²) in [6, 6.07) is 0. The number of aliphatic hydroxyl groups is 1. The maximum Gasteiger partial charge on any atom is 0.305 e. The molecule has 0 aliphatic heterocycles. The zero-order valence-electron chi connectivity index (χ0n) is 15.8. The molecule has 0 aromatic carbocycles. The summed E-state index contributed by atoms with van der Waals surface area (Å²) < 4.78 is 14.5. The van der Waals surface area contributed by atoms with Crippen molar-refractivity contribution in [2.75, 3.05) is 0 Å². The first kappa shape index (κ1) is 16.8. The van der Waals surface area contributed by atoms with Crippen molar-refractivity contribution in [3.8, 4) is 0 Å². The molecular weight excluding hydrogens is 264 g/mol. The van der Waals surface area contributed by atoms with Crippen LogP contribution in [0.15, 0.2) is 0 Å². The highest BCUT2D eigenvalue weighted by Gasteiger charge is 2.08. The van der Waals surface area contributed by atoms with Crippen molar-refractivity contribution in [1.29, 1.82) is 0 Å². The lowest BCUT2D eigenvalue weighted by atomic mass is 10.0. The maximum atomic E-state index is 10.7. The molecule has 2 N–H and O–H groups in total. The predicted octanol–water partition coefficient (Wildman–Crippen LogP) is 5.30. The molecule has 0 spiro atoms. The second kappa shape index (κ2) is 15.8. The number of carboxylic acid groups (broad SMARTS) is 1. The third kappa shape index (κ3) is 17.4. The van der Waals surface area contributed by atoms with Crippen LogP contribution in [0.2, 0.25) is 0 Å². The van der Waals surface area contributed by atoms with Crippen LogP contribution in [0, 0.1) is 0 Å². The van der Waals surface area contributed by atoms with Crippen molar-refractivity contribution in [2.24, 2.45) is 0 Å². The Morgan fingerprint density at radius 2 is 1.24 bits per heavy atom. The van der Waals surface area contributed by atoms with E-state index in [4.69, 9.17) is 7.85 Å². The number of aliphatic carboxylic acids is 1. The van der Waals surface area contributed by atoms with E-state index in [0.29, 0.717) is 6.42 Å². The molecule has 21 heavy (non-hydrogen) atoms. The molecule has 3 nitrogen and oxygen atoms in total. The van der Waals surface area contributed by atoms with Crippen molar-refractivity contribution < 1.29 is 17.7 Å². The van der Waals surface area contributed by atoms with Gasteiger partial charge in [0, 0.05) is 2.74 Å². The van der Waals surface area contributed by atoms with Crippen molar-refractivity contribution in [3.05, 3.63) is 0 Å². The lowest BCUT2D eigenvalue weighted by Crippen LogP contribution is -2.12. The number of aliphatic hydroxyl groups excluding tert-OH is 1. The fourth-order valence-electron chi connectivity index (χ4n) is 2.57. The summed E-state index contributed by atoms with van der Waals surface area (Å²) in [5.41, 5.74) is 0. The first-order chi connectivity index (χ1) is 10.9. The van der Waals surface area contributed by atoms with Crippen LogP contribution in [-0.4, -0.2) is 22.3 Å². The molecule has 0 amide bonds. The molecule has 0 aromatic rings. The van der Waals surface area contributed by atoms with Gasteiger partial charge >= 0.3 is 5.97 Å². The molecule has 0 saturated carbocycles. The Morgan fingerprint density at radius 3 is 1.62 bits per heavy atom. The number of hydrogen-bond acceptors (Lipinski definition) is 2. The van der Waals surface area contributed by atoms with E-state index >= 15 is 0 Å². The van der Waals surface area contributed by atoms with Crippen LogP contribution < -0.4 is 0 Å². The summed E-state index contributed by atoms with van der Waals surface area (Å²) in [6.45, 7) is 2.24. The molecule has 0 heterocycles. The fourth-order valence-corrected chi connectivity index (χ4v) is 2.57. The summed E-state index contributed by atoms with van der Waals surface area (Å²) >= 11 is 0. The average molecular weight is 302 g/mol. The van der Waals surface area contributed by atoms with Gasteiger partial charge in [0.2, 0.25) is 0 Å². The summed E-state index contributed by atoms with van der Waals surface area (Å²) in [4.78, 5) is 10.7. The van der Waals surface area contributed by atoms with E-state index in [1.807, 2.05) is 0 Å². The summed E-state index contributed by atoms with van der Waals surface area (Å²) in [6.07, 6.45) is 12.1. The second-order valence-corrected chi connectivity index (χ2v) is 6.00. The summed E-state index contributed by atoms with van der Waals surface area (Å²) in [7, 11) is 0. The number of carbonyl (C=O) groups is 1. The van der Waals surface area contributed by atoms with E-state index in [1.165, 1.54) is 64.2 Å². The van der Waals surface area contributed by atoms with Gasteiger partial charge in [-0.3, -0.25) is 4.79 Å². The molecule has 0 bridgehead atoms. The van der Waals surface area contributed by atoms with Gasteiger partial charge < -0.3 is 10.2 Å². The third-order valence-corrected chi connectivity index (χ3v) is 3.87. The number of carboxylic acids is 1. The van der Waals surface area contributed by atoms with Gasteiger partial charge in [0.05, 0.1) is 12.5 Å². The van der Waals surface area contributed by atoms with Crippen molar-refractivity contribution >= 4 is 5.97 Å². The Labute approximate surface area is 134 Å². The SMILES string of the molecule is [2H]C([2H])(C(=O)O)C(O)CCCCCCCCCCCCCCC. The molecule has 0 rings (SSSR count). The van der Waals surface area contributed by atoms with E-state index in [0.717, 1.165) is 12.8 Å². The van der Waals surface area contributed by atoms with Crippen molar-refractivity contribution in [3.63, 3.8) is 0 Å². The molecule has 0 aromatic heterocycles. The van der Waals surface area contributed by atoms with Gasteiger partial charge in [0.25, 0.3) is 0 Å². The summed E-state index contributed by atoms with van der Waals surface area (Å²) in [5, 5.41) is 18.2. The van der Waals surface area contributed by atoms with E-state index in [-0.39, 0.29) is 6.42 Å². The molecule has 0 fully saturated rings. The van der Waals surface area contributed by atoms with Crippen LogP contribution >= 0.6 is 0 Å². The first-order valence-electron chi connectivity index (χ1n) is 9.84. The van der Waals surface area contributed by atoms with Crippen LogP contribution in [0.5, 0.6) is 0 Å². The molecule has 1 atom stereocenters. The highest BCUT2D eigenvalue weighted by Crippen LogP contribution is 2.13. The monoisotopic (exact) mass is 302 g/mol. The van der Waals surface area contributed by atoms with Gasteiger partial charge in [-0.1, -0.05) is 90.4 Å². The second-order valence-electron chi connectivity index (χ2n) is 6.00. The van der Waals surface area contributed by atoms with E-state index in [2.05, 4.69) is 6.92 Å². The van der Waals surface area contributed by atoms with E-state index in [1.54, 1.807) is 0 Å². The minimum Gasteiger partial charge on any atom is -0.481 e. The lowest BCUT2D eigenvalue weighted by Gasteiger charge is -2.07. The zero-order chi connectivity index (χ0) is 17.6. The van der Waals surface area contributed by atoms with Crippen LogP contribution in [-0.2, 0) is 4.79 Å². The fraction of sp³-hybridized carbons (Fsp3) is 0.944. The molecule has 0 aliphatic rings. The maximum absolute atomic E-state index is 10.7. The number of hydrogen-bond donors (Lipinski definition) is 2. The quantitative estimate of drug-likeness (QED) is 0.380. The number of rotatable bonds is 16. The largest absolute Gasteiger partial charge is 0.481 e. The lowest BCUT2D eigenvalue weighted by molar-refractivity contribution is -0.139. The third-order valence-electron chi connectivity index (χ3n) is 3.87. The van der Waals surface area contributed by atoms with E-state index in [9.17, 15) is 9.90 Å². The molecular formula is C18H36O3. The van der Waals surface area contributed by atoms with Gasteiger partial charge in [-0.15, -0.1) is 0 Å².